The molecule has 0 radical (unpaired) electrons. The van der Waals surface area contributed by atoms with Crippen LogP contribution >= 0.6 is 27.7 Å². The molecule has 0 atom stereocenters. The van der Waals surface area contributed by atoms with Crippen LogP contribution in [0.3, 0.4) is 0 Å². The second kappa shape index (κ2) is 5.02. The fourth-order valence-electron chi connectivity index (χ4n) is 1.95. The van der Waals surface area contributed by atoms with Gasteiger partial charge in [0.2, 0.25) is 0 Å². The van der Waals surface area contributed by atoms with Gasteiger partial charge in [-0.2, -0.15) is 0 Å². The molecule has 0 spiro atoms. The van der Waals surface area contributed by atoms with Crippen LogP contribution < -0.4 is 0 Å². The number of aromatic amines is 1. The SMILES string of the molecule is Cc1cnc(SCc2nc3cccc(C)n3c2Br)[nH]1. The van der Waals surface area contributed by atoms with Crippen molar-refractivity contribution in [3.05, 3.63) is 46.1 Å². The van der Waals surface area contributed by atoms with E-state index in [2.05, 4.69) is 48.3 Å². The number of nitrogens with zero attached hydrogens (tertiary/aromatic N) is 3. The molecule has 3 heterocycles. The van der Waals surface area contributed by atoms with Gasteiger partial charge in [-0.3, -0.25) is 4.40 Å². The van der Waals surface area contributed by atoms with Gasteiger partial charge in [0.05, 0.1) is 5.69 Å². The van der Waals surface area contributed by atoms with Crippen molar-refractivity contribution in [2.75, 3.05) is 0 Å². The average molecular weight is 337 g/mol. The molecule has 0 aromatic carbocycles. The monoisotopic (exact) mass is 336 g/mol. The molecule has 0 saturated heterocycles. The lowest BCUT2D eigenvalue weighted by Gasteiger charge is -2.00. The number of hydrogen-bond acceptors (Lipinski definition) is 3. The number of pyridine rings is 1. The number of fused-ring (bicyclic) bond motifs is 1. The molecule has 0 fully saturated rings. The molecule has 6 heteroatoms. The van der Waals surface area contributed by atoms with E-state index in [0.717, 1.165) is 32.5 Å². The van der Waals surface area contributed by atoms with Crippen LogP contribution in [-0.4, -0.2) is 19.4 Å². The summed E-state index contributed by atoms with van der Waals surface area (Å²) in [6.07, 6.45) is 1.84. The lowest BCUT2D eigenvalue weighted by Crippen LogP contribution is -1.90. The molecule has 0 bridgehead atoms. The Morgan fingerprint density at radius 1 is 1.37 bits per heavy atom. The molecule has 3 aromatic rings. The highest BCUT2D eigenvalue weighted by Crippen LogP contribution is 2.26. The number of aryl methyl sites for hydroxylation is 2. The molecule has 0 aliphatic carbocycles. The summed E-state index contributed by atoms with van der Waals surface area (Å²) in [6.45, 7) is 4.08. The predicted molar refractivity (Wildman–Crippen MR) is 80.5 cm³/mol. The second-order valence-corrected chi connectivity index (χ2v) is 6.09. The van der Waals surface area contributed by atoms with Gasteiger partial charge in [0, 0.05) is 23.3 Å². The van der Waals surface area contributed by atoms with E-state index in [-0.39, 0.29) is 0 Å². The van der Waals surface area contributed by atoms with E-state index in [1.54, 1.807) is 11.8 Å². The van der Waals surface area contributed by atoms with Gasteiger partial charge < -0.3 is 4.98 Å². The first kappa shape index (κ1) is 12.7. The van der Waals surface area contributed by atoms with Crippen LogP contribution in [-0.2, 0) is 5.75 Å². The molecule has 0 amide bonds. The molecule has 0 aliphatic heterocycles. The smallest absolute Gasteiger partial charge is 0.165 e. The van der Waals surface area contributed by atoms with E-state index in [9.17, 15) is 0 Å². The van der Waals surface area contributed by atoms with Crippen LogP contribution in [0.5, 0.6) is 0 Å². The fourth-order valence-corrected chi connectivity index (χ4v) is 3.66. The van der Waals surface area contributed by atoms with Crippen LogP contribution in [0.1, 0.15) is 17.1 Å². The number of halogens is 1. The third kappa shape index (κ3) is 2.42. The number of nitrogens with one attached hydrogen (secondary N) is 1. The van der Waals surface area contributed by atoms with Crippen LogP contribution in [0.15, 0.2) is 34.2 Å². The number of imidazole rings is 2. The van der Waals surface area contributed by atoms with Gasteiger partial charge in [-0.15, -0.1) is 0 Å². The highest BCUT2D eigenvalue weighted by atomic mass is 79.9. The lowest BCUT2D eigenvalue weighted by molar-refractivity contribution is 1.03. The molecule has 0 aliphatic rings. The summed E-state index contributed by atoms with van der Waals surface area (Å²) in [6, 6.07) is 6.12. The minimum absolute atomic E-state index is 0.786. The minimum Gasteiger partial charge on any atom is -0.337 e. The summed E-state index contributed by atoms with van der Waals surface area (Å²) in [7, 11) is 0. The summed E-state index contributed by atoms with van der Waals surface area (Å²) in [5.74, 6) is 0.786. The van der Waals surface area contributed by atoms with Gasteiger partial charge in [0.1, 0.15) is 10.3 Å². The van der Waals surface area contributed by atoms with Crippen molar-refractivity contribution in [1.82, 2.24) is 19.4 Å². The Bertz CT molecular complexity index is 731. The zero-order chi connectivity index (χ0) is 13.4. The second-order valence-electron chi connectivity index (χ2n) is 4.37. The number of thioether (sulfide) groups is 1. The summed E-state index contributed by atoms with van der Waals surface area (Å²) in [5, 5.41) is 0.929. The summed E-state index contributed by atoms with van der Waals surface area (Å²) >= 11 is 5.30. The van der Waals surface area contributed by atoms with E-state index >= 15 is 0 Å². The topological polar surface area (TPSA) is 46.0 Å². The predicted octanol–water partition coefficient (Wildman–Crippen LogP) is 3.73. The highest BCUT2D eigenvalue weighted by molar-refractivity contribution is 9.10. The van der Waals surface area contributed by atoms with Crippen molar-refractivity contribution in [2.24, 2.45) is 0 Å². The molecule has 0 unspecified atom stereocenters. The van der Waals surface area contributed by atoms with Crippen molar-refractivity contribution in [2.45, 2.75) is 24.8 Å². The van der Waals surface area contributed by atoms with E-state index in [0.29, 0.717) is 0 Å². The van der Waals surface area contributed by atoms with Crippen molar-refractivity contribution in [1.29, 1.82) is 0 Å². The maximum absolute atomic E-state index is 4.65. The van der Waals surface area contributed by atoms with Crippen LogP contribution in [0.25, 0.3) is 5.65 Å². The zero-order valence-corrected chi connectivity index (χ0v) is 13.0. The third-order valence-corrected chi connectivity index (χ3v) is 4.58. The lowest BCUT2D eigenvalue weighted by atomic mass is 10.4. The molecule has 3 rings (SSSR count). The van der Waals surface area contributed by atoms with Gasteiger partial charge >= 0.3 is 0 Å². The summed E-state index contributed by atoms with van der Waals surface area (Å²) in [4.78, 5) is 12.2. The Hall–Kier alpha value is -1.27. The first-order valence-electron chi connectivity index (χ1n) is 5.92. The number of H-pyrrole nitrogens is 1. The van der Waals surface area contributed by atoms with Crippen LogP contribution in [0, 0.1) is 13.8 Å². The molecule has 98 valence electrons. The standard InChI is InChI=1S/C13H13BrN4S/c1-8-6-15-13(16-8)19-7-10-12(14)18-9(2)4-3-5-11(18)17-10/h3-6H,7H2,1-2H3,(H,15,16). The first-order valence-corrected chi connectivity index (χ1v) is 7.70. The Labute approximate surface area is 123 Å². The van der Waals surface area contributed by atoms with Crippen molar-refractivity contribution in [3.8, 4) is 0 Å². The molecule has 1 N–H and O–H groups in total. The van der Waals surface area contributed by atoms with Gasteiger partial charge in [0.15, 0.2) is 5.16 Å². The highest BCUT2D eigenvalue weighted by Gasteiger charge is 2.11. The van der Waals surface area contributed by atoms with Gasteiger partial charge in [-0.1, -0.05) is 17.8 Å². The maximum Gasteiger partial charge on any atom is 0.165 e. The molecular formula is C13H13BrN4S. The Morgan fingerprint density at radius 3 is 2.89 bits per heavy atom. The first-order chi connectivity index (χ1) is 9.15. The normalized spacial score (nSPS) is 11.3. The van der Waals surface area contributed by atoms with E-state index in [1.807, 2.05) is 25.3 Å². The Balaban J connectivity index is 1.89. The zero-order valence-electron chi connectivity index (χ0n) is 10.6. The summed E-state index contributed by atoms with van der Waals surface area (Å²) < 4.78 is 3.14. The third-order valence-electron chi connectivity index (χ3n) is 2.87. The largest absolute Gasteiger partial charge is 0.337 e. The maximum atomic E-state index is 4.65. The molecule has 3 aromatic heterocycles. The van der Waals surface area contributed by atoms with Gasteiger partial charge in [-0.25, -0.2) is 9.97 Å². The van der Waals surface area contributed by atoms with E-state index < -0.39 is 0 Å². The summed E-state index contributed by atoms with van der Waals surface area (Å²) in [5.41, 5.74) is 4.25. The van der Waals surface area contributed by atoms with E-state index in [4.69, 9.17) is 0 Å². The minimum atomic E-state index is 0.786. The molecule has 0 saturated carbocycles. The molecule has 19 heavy (non-hydrogen) atoms. The molecular weight excluding hydrogens is 324 g/mol. The Kier molecular flexibility index (Phi) is 3.36. The Morgan fingerprint density at radius 2 is 2.21 bits per heavy atom. The molecule has 4 nitrogen and oxygen atoms in total. The van der Waals surface area contributed by atoms with Crippen molar-refractivity contribution in [3.63, 3.8) is 0 Å². The number of hydrogen-bond donors (Lipinski definition) is 1. The van der Waals surface area contributed by atoms with Crippen LogP contribution in [0.4, 0.5) is 0 Å². The quantitative estimate of drug-likeness (QED) is 0.741. The van der Waals surface area contributed by atoms with Gasteiger partial charge in [0.25, 0.3) is 0 Å². The van der Waals surface area contributed by atoms with Crippen molar-refractivity contribution >= 4 is 33.3 Å². The number of aromatic nitrogens is 4. The van der Waals surface area contributed by atoms with E-state index in [1.165, 1.54) is 5.69 Å². The van der Waals surface area contributed by atoms with Crippen LogP contribution in [0.2, 0.25) is 0 Å². The van der Waals surface area contributed by atoms with Crippen molar-refractivity contribution < 1.29 is 0 Å². The fraction of sp³-hybridized carbons (Fsp3) is 0.231. The average Bonchev–Trinajstić information content (AvgIpc) is 2.92. The number of rotatable bonds is 3. The van der Waals surface area contributed by atoms with Gasteiger partial charge in [-0.05, 0) is 41.9 Å².